The van der Waals surface area contributed by atoms with E-state index < -0.39 is 6.04 Å². The molecule has 0 unspecified atom stereocenters. The highest BCUT2D eigenvalue weighted by Gasteiger charge is 2.30. The van der Waals surface area contributed by atoms with E-state index in [9.17, 15) is 9.59 Å². The van der Waals surface area contributed by atoms with Crippen LogP contribution in [0.1, 0.15) is 50.8 Å². The van der Waals surface area contributed by atoms with Crippen molar-refractivity contribution in [3.63, 3.8) is 0 Å². The van der Waals surface area contributed by atoms with E-state index >= 15 is 0 Å². The van der Waals surface area contributed by atoms with E-state index in [1.165, 1.54) is 17.3 Å². The Kier molecular flexibility index (Phi) is 8.54. The van der Waals surface area contributed by atoms with Crippen LogP contribution in [0.25, 0.3) is 0 Å². The monoisotopic (exact) mass is 426 g/mol. The van der Waals surface area contributed by atoms with Crippen LogP contribution in [0.3, 0.4) is 0 Å². The van der Waals surface area contributed by atoms with Crippen LogP contribution in [0, 0.1) is 13.8 Å². The summed E-state index contributed by atoms with van der Waals surface area (Å²) in [6, 6.07) is 15.7. The Morgan fingerprint density at radius 3 is 2.23 bits per heavy atom. The summed E-state index contributed by atoms with van der Waals surface area (Å²) in [5, 5.41) is 3.05. The van der Waals surface area contributed by atoms with Crippen LogP contribution >= 0.6 is 11.8 Å². The lowest BCUT2D eigenvalue weighted by Gasteiger charge is -2.33. The number of aryl methyl sites for hydroxylation is 2. The topological polar surface area (TPSA) is 49.4 Å². The quantitative estimate of drug-likeness (QED) is 0.596. The summed E-state index contributed by atoms with van der Waals surface area (Å²) in [7, 11) is 0. The summed E-state index contributed by atoms with van der Waals surface area (Å²) in [6.45, 7) is 12.3. The molecule has 0 saturated carbocycles. The highest BCUT2D eigenvalue weighted by molar-refractivity contribution is 8.00. The molecule has 4 nitrogen and oxygen atoms in total. The fourth-order valence-electron chi connectivity index (χ4n) is 3.21. The van der Waals surface area contributed by atoms with Gasteiger partial charge in [0.15, 0.2) is 0 Å². The second kappa shape index (κ2) is 10.7. The van der Waals surface area contributed by atoms with E-state index in [-0.39, 0.29) is 17.4 Å². The number of carbonyl (C=O) groups excluding carboxylic acids is 2. The largest absolute Gasteiger partial charge is 0.350 e. The van der Waals surface area contributed by atoms with Gasteiger partial charge in [0.2, 0.25) is 11.8 Å². The van der Waals surface area contributed by atoms with Gasteiger partial charge < -0.3 is 10.2 Å². The van der Waals surface area contributed by atoms with E-state index in [0.717, 1.165) is 16.0 Å². The van der Waals surface area contributed by atoms with Gasteiger partial charge in [0.1, 0.15) is 6.04 Å². The van der Waals surface area contributed by atoms with Crippen molar-refractivity contribution in [2.24, 2.45) is 0 Å². The molecule has 0 radical (unpaired) electrons. The van der Waals surface area contributed by atoms with Gasteiger partial charge in [-0.2, -0.15) is 0 Å². The van der Waals surface area contributed by atoms with Gasteiger partial charge in [0.25, 0.3) is 0 Å². The average molecular weight is 427 g/mol. The standard InChI is InChI=1S/C25H34N2O2S/c1-7-22(24(29)26-25(4,5)6)27(16-20-11-9-8-10-19(20)3)23(28)17-30-21-14-12-18(2)13-15-21/h8-15,22H,7,16-17H2,1-6H3,(H,26,29)/t22-/m0/s1. The Bertz CT molecular complexity index is 856. The molecule has 2 aromatic carbocycles. The average Bonchev–Trinajstić information content (AvgIpc) is 2.67. The Morgan fingerprint density at radius 2 is 1.67 bits per heavy atom. The maximum Gasteiger partial charge on any atom is 0.243 e. The van der Waals surface area contributed by atoms with E-state index in [2.05, 4.69) is 5.32 Å². The van der Waals surface area contributed by atoms with Crippen LogP contribution in [0.5, 0.6) is 0 Å². The predicted molar refractivity (Wildman–Crippen MR) is 126 cm³/mol. The fourth-order valence-corrected chi connectivity index (χ4v) is 3.99. The summed E-state index contributed by atoms with van der Waals surface area (Å²) in [5.74, 6) is 0.167. The zero-order valence-corrected chi connectivity index (χ0v) is 19.8. The first-order valence-corrected chi connectivity index (χ1v) is 11.4. The van der Waals surface area contributed by atoms with E-state index in [1.54, 1.807) is 4.90 Å². The van der Waals surface area contributed by atoms with Gasteiger partial charge in [-0.3, -0.25) is 9.59 Å². The van der Waals surface area contributed by atoms with Crippen molar-refractivity contribution in [3.8, 4) is 0 Å². The second-order valence-electron chi connectivity index (χ2n) is 8.71. The molecule has 162 valence electrons. The van der Waals surface area contributed by atoms with Crippen LogP contribution in [0.15, 0.2) is 53.4 Å². The van der Waals surface area contributed by atoms with Gasteiger partial charge in [-0.15, -0.1) is 11.8 Å². The fraction of sp³-hybridized carbons (Fsp3) is 0.440. The van der Waals surface area contributed by atoms with Crippen molar-refractivity contribution in [2.75, 3.05) is 5.75 Å². The number of hydrogen-bond donors (Lipinski definition) is 1. The summed E-state index contributed by atoms with van der Waals surface area (Å²) < 4.78 is 0. The van der Waals surface area contributed by atoms with Gasteiger partial charge in [-0.1, -0.05) is 48.9 Å². The number of benzene rings is 2. The van der Waals surface area contributed by atoms with Crippen LogP contribution in [0.2, 0.25) is 0 Å². The first-order chi connectivity index (χ1) is 14.1. The minimum absolute atomic E-state index is 0.0280. The van der Waals surface area contributed by atoms with E-state index in [0.29, 0.717) is 18.7 Å². The predicted octanol–water partition coefficient (Wildman–Crippen LogP) is 5.12. The molecule has 1 atom stereocenters. The maximum absolute atomic E-state index is 13.3. The van der Waals surface area contributed by atoms with Crippen molar-refractivity contribution < 1.29 is 9.59 Å². The normalized spacial score (nSPS) is 12.3. The molecular formula is C25H34N2O2S. The number of nitrogens with zero attached hydrogens (tertiary/aromatic N) is 1. The van der Waals surface area contributed by atoms with Crippen LogP contribution in [-0.2, 0) is 16.1 Å². The molecule has 0 aliphatic carbocycles. The number of thioether (sulfide) groups is 1. The van der Waals surface area contributed by atoms with Crippen molar-refractivity contribution in [1.82, 2.24) is 10.2 Å². The molecule has 0 spiro atoms. The van der Waals surface area contributed by atoms with Crippen molar-refractivity contribution in [1.29, 1.82) is 0 Å². The molecule has 2 rings (SSSR count). The Balaban J connectivity index is 2.24. The molecule has 2 amide bonds. The van der Waals surface area contributed by atoms with Gasteiger partial charge >= 0.3 is 0 Å². The lowest BCUT2D eigenvalue weighted by Crippen LogP contribution is -2.53. The lowest BCUT2D eigenvalue weighted by molar-refractivity contribution is -0.140. The smallest absolute Gasteiger partial charge is 0.243 e. The van der Waals surface area contributed by atoms with Crippen molar-refractivity contribution >= 4 is 23.6 Å². The Labute approximate surface area is 185 Å². The Morgan fingerprint density at radius 1 is 1.03 bits per heavy atom. The maximum atomic E-state index is 13.3. The molecule has 0 saturated heterocycles. The van der Waals surface area contributed by atoms with Gasteiger partial charge in [0.05, 0.1) is 5.75 Å². The van der Waals surface area contributed by atoms with Gasteiger partial charge in [0, 0.05) is 17.0 Å². The third-order valence-corrected chi connectivity index (χ3v) is 5.87. The van der Waals surface area contributed by atoms with Crippen LogP contribution in [-0.4, -0.2) is 34.0 Å². The van der Waals surface area contributed by atoms with Crippen molar-refractivity contribution in [2.45, 2.75) is 71.0 Å². The molecule has 0 fully saturated rings. The molecule has 1 N–H and O–H groups in total. The molecule has 5 heteroatoms. The first-order valence-electron chi connectivity index (χ1n) is 10.5. The Hall–Kier alpha value is -2.27. The lowest BCUT2D eigenvalue weighted by atomic mass is 10.0. The first kappa shape index (κ1) is 24.0. The third kappa shape index (κ3) is 7.21. The molecule has 0 heterocycles. The number of rotatable bonds is 8. The highest BCUT2D eigenvalue weighted by Crippen LogP contribution is 2.22. The van der Waals surface area contributed by atoms with Gasteiger partial charge in [-0.25, -0.2) is 0 Å². The summed E-state index contributed by atoms with van der Waals surface area (Å²) in [5.41, 5.74) is 3.02. The number of amides is 2. The molecule has 0 aromatic heterocycles. The number of hydrogen-bond acceptors (Lipinski definition) is 3. The minimum Gasteiger partial charge on any atom is -0.350 e. The number of nitrogens with one attached hydrogen (secondary N) is 1. The third-order valence-electron chi connectivity index (χ3n) is 4.87. The van der Waals surface area contributed by atoms with Crippen LogP contribution in [0.4, 0.5) is 0 Å². The molecule has 0 aliphatic heterocycles. The van der Waals surface area contributed by atoms with Gasteiger partial charge in [-0.05, 0) is 64.3 Å². The zero-order chi connectivity index (χ0) is 22.3. The minimum atomic E-state index is -0.505. The molecular weight excluding hydrogens is 392 g/mol. The van der Waals surface area contributed by atoms with E-state index in [1.807, 2.05) is 90.1 Å². The molecule has 30 heavy (non-hydrogen) atoms. The van der Waals surface area contributed by atoms with Crippen molar-refractivity contribution in [3.05, 3.63) is 65.2 Å². The molecule has 0 bridgehead atoms. The summed E-state index contributed by atoms with van der Waals surface area (Å²) >= 11 is 1.51. The van der Waals surface area contributed by atoms with Crippen LogP contribution < -0.4 is 5.32 Å². The zero-order valence-electron chi connectivity index (χ0n) is 19.0. The second-order valence-corrected chi connectivity index (χ2v) is 9.76. The number of carbonyl (C=O) groups is 2. The molecule has 0 aliphatic rings. The summed E-state index contributed by atoms with van der Waals surface area (Å²) in [4.78, 5) is 29.1. The highest BCUT2D eigenvalue weighted by atomic mass is 32.2. The SMILES string of the molecule is CC[C@@H](C(=O)NC(C)(C)C)N(Cc1ccccc1C)C(=O)CSc1ccc(C)cc1. The molecule has 2 aromatic rings. The van der Waals surface area contributed by atoms with E-state index in [4.69, 9.17) is 0 Å². The summed E-state index contributed by atoms with van der Waals surface area (Å²) in [6.07, 6.45) is 0.564.